The number of H-pyrrole nitrogens is 1. The van der Waals surface area contributed by atoms with Crippen molar-refractivity contribution in [3.63, 3.8) is 0 Å². The maximum Gasteiger partial charge on any atom is 0.436 e. The van der Waals surface area contributed by atoms with Gasteiger partial charge in [-0.3, -0.25) is 9.89 Å². The quantitative estimate of drug-likeness (QED) is 0.873. The Hall–Kier alpha value is -1.25. The Labute approximate surface area is 117 Å². The summed E-state index contributed by atoms with van der Waals surface area (Å²) in [6.07, 6.45) is -3.95. The highest BCUT2D eigenvalue weighted by atomic mass is 35.5. The standard InChI is InChI=1S/C8H2Cl3F3N4O/c9-2-1-18(17-5(2)8(12,13)14)7-4(19)3(10)6(11)15-16-7/h1H,(H,15,19). The largest absolute Gasteiger partial charge is 0.436 e. The Balaban J connectivity index is 2.62. The minimum atomic E-state index is -4.74. The van der Waals surface area contributed by atoms with Crippen LogP contribution in [0.4, 0.5) is 13.2 Å². The minimum Gasteiger partial charge on any atom is -0.284 e. The average Bonchev–Trinajstić information content (AvgIpc) is 2.68. The molecule has 11 heteroatoms. The first-order valence-corrected chi connectivity index (χ1v) is 5.61. The van der Waals surface area contributed by atoms with Crippen LogP contribution >= 0.6 is 34.8 Å². The van der Waals surface area contributed by atoms with Crippen molar-refractivity contribution in [2.24, 2.45) is 0 Å². The molecule has 0 aromatic carbocycles. The van der Waals surface area contributed by atoms with Gasteiger partial charge in [-0.2, -0.15) is 23.4 Å². The fourth-order valence-corrected chi connectivity index (χ4v) is 1.70. The molecule has 19 heavy (non-hydrogen) atoms. The van der Waals surface area contributed by atoms with Gasteiger partial charge in [-0.25, -0.2) is 4.68 Å². The Morgan fingerprint density at radius 2 is 1.89 bits per heavy atom. The SMILES string of the molecule is O=c1c(-n2cc(Cl)c(C(F)(F)F)n2)n[nH]c(Cl)c1Cl. The van der Waals surface area contributed by atoms with Crippen molar-refractivity contribution in [2.75, 3.05) is 0 Å². The van der Waals surface area contributed by atoms with Crippen LogP contribution in [0.5, 0.6) is 0 Å². The molecule has 0 aliphatic carbocycles. The summed E-state index contributed by atoms with van der Waals surface area (Å²) < 4.78 is 38.1. The van der Waals surface area contributed by atoms with E-state index in [-0.39, 0.29) is 5.15 Å². The van der Waals surface area contributed by atoms with Crippen LogP contribution in [0.15, 0.2) is 11.0 Å². The van der Waals surface area contributed by atoms with E-state index in [1.54, 1.807) is 0 Å². The van der Waals surface area contributed by atoms with Crippen molar-refractivity contribution < 1.29 is 13.2 Å². The highest BCUT2D eigenvalue weighted by Crippen LogP contribution is 2.33. The van der Waals surface area contributed by atoms with Gasteiger partial charge in [-0.1, -0.05) is 34.8 Å². The Bertz CT molecular complexity index is 694. The van der Waals surface area contributed by atoms with Crippen LogP contribution in [0.3, 0.4) is 0 Å². The molecule has 2 heterocycles. The van der Waals surface area contributed by atoms with Crippen molar-refractivity contribution >= 4 is 34.8 Å². The summed E-state index contributed by atoms with van der Waals surface area (Å²) >= 11 is 16.5. The summed E-state index contributed by atoms with van der Waals surface area (Å²) in [5.74, 6) is -0.480. The molecule has 0 aliphatic heterocycles. The van der Waals surface area contributed by atoms with Gasteiger partial charge in [-0.05, 0) is 0 Å². The molecule has 0 aliphatic rings. The van der Waals surface area contributed by atoms with E-state index in [1.807, 2.05) is 0 Å². The summed E-state index contributed by atoms with van der Waals surface area (Å²) in [5.41, 5.74) is -2.21. The molecule has 0 unspecified atom stereocenters. The summed E-state index contributed by atoms with van der Waals surface area (Å²) in [6, 6.07) is 0. The second kappa shape index (κ2) is 4.69. The van der Waals surface area contributed by atoms with Crippen LogP contribution in [-0.2, 0) is 6.18 Å². The average molecular weight is 333 g/mol. The molecule has 2 rings (SSSR count). The van der Waals surface area contributed by atoms with E-state index in [9.17, 15) is 18.0 Å². The van der Waals surface area contributed by atoms with Crippen molar-refractivity contribution in [3.8, 4) is 5.82 Å². The predicted octanol–water partition coefficient (Wildman–Crippen LogP) is 2.93. The first kappa shape index (κ1) is 14.2. The topological polar surface area (TPSA) is 63.6 Å². The molecular formula is C8H2Cl3F3N4O. The zero-order chi connectivity index (χ0) is 14.4. The number of nitrogens with zero attached hydrogens (tertiary/aromatic N) is 3. The van der Waals surface area contributed by atoms with E-state index in [0.717, 1.165) is 6.20 Å². The lowest BCUT2D eigenvalue weighted by Crippen LogP contribution is -2.17. The summed E-state index contributed by atoms with van der Waals surface area (Å²) in [6.45, 7) is 0. The van der Waals surface area contributed by atoms with E-state index < -0.39 is 33.2 Å². The maximum atomic E-state index is 12.5. The van der Waals surface area contributed by atoms with Crippen LogP contribution in [0.1, 0.15) is 5.69 Å². The normalized spacial score (nSPS) is 11.9. The summed E-state index contributed by atoms with van der Waals surface area (Å²) in [5, 5.41) is 7.49. The molecule has 0 radical (unpaired) electrons. The second-order valence-corrected chi connectivity index (χ2v) is 4.44. The monoisotopic (exact) mass is 332 g/mol. The molecule has 102 valence electrons. The third kappa shape index (κ3) is 2.56. The van der Waals surface area contributed by atoms with Crippen molar-refractivity contribution in [1.82, 2.24) is 20.0 Å². The van der Waals surface area contributed by atoms with Gasteiger partial charge in [0.25, 0.3) is 0 Å². The second-order valence-electron chi connectivity index (χ2n) is 3.27. The fourth-order valence-electron chi connectivity index (χ4n) is 1.21. The Kier molecular flexibility index (Phi) is 3.50. The highest BCUT2D eigenvalue weighted by molar-refractivity contribution is 6.41. The number of aromatic nitrogens is 4. The van der Waals surface area contributed by atoms with Crippen LogP contribution in [-0.4, -0.2) is 20.0 Å². The van der Waals surface area contributed by atoms with Crippen molar-refractivity contribution in [3.05, 3.63) is 37.3 Å². The first-order chi connectivity index (χ1) is 8.71. The lowest BCUT2D eigenvalue weighted by molar-refractivity contribution is -0.141. The predicted molar refractivity (Wildman–Crippen MR) is 62.0 cm³/mol. The summed E-state index contributed by atoms with van der Waals surface area (Å²) in [7, 11) is 0. The van der Waals surface area contributed by atoms with Crippen molar-refractivity contribution in [1.29, 1.82) is 0 Å². The fraction of sp³-hybridized carbons (Fsp3) is 0.125. The molecule has 0 saturated carbocycles. The molecule has 1 N–H and O–H groups in total. The first-order valence-electron chi connectivity index (χ1n) is 4.48. The molecule has 5 nitrogen and oxygen atoms in total. The van der Waals surface area contributed by atoms with Gasteiger partial charge in [0.15, 0.2) is 5.69 Å². The van der Waals surface area contributed by atoms with Gasteiger partial charge in [0.2, 0.25) is 11.2 Å². The van der Waals surface area contributed by atoms with E-state index in [1.165, 1.54) is 0 Å². The van der Waals surface area contributed by atoms with Crippen LogP contribution in [0.25, 0.3) is 5.82 Å². The van der Waals surface area contributed by atoms with Gasteiger partial charge in [0, 0.05) is 0 Å². The number of hydrogen-bond acceptors (Lipinski definition) is 3. The summed E-state index contributed by atoms with van der Waals surface area (Å²) in [4.78, 5) is 11.7. The van der Waals surface area contributed by atoms with Gasteiger partial charge >= 0.3 is 6.18 Å². The molecule has 0 saturated heterocycles. The zero-order valence-corrected chi connectivity index (χ0v) is 10.9. The van der Waals surface area contributed by atoms with Crippen molar-refractivity contribution in [2.45, 2.75) is 6.18 Å². The number of halogens is 6. The number of rotatable bonds is 1. The molecular weight excluding hydrogens is 331 g/mol. The number of nitrogens with one attached hydrogen (secondary N) is 1. The van der Waals surface area contributed by atoms with E-state index in [2.05, 4.69) is 15.3 Å². The van der Waals surface area contributed by atoms with Gasteiger partial charge < -0.3 is 0 Å². The molecule has 2 aromatic heterocycles. The number of hydrogen-bond donors (Lipinski definition) is 1. The number of alkyl halides is 3. The zero-order valence-electron chi connectivity index (χ0n) is 8.60. The molecule has 0 amide bonds. The van der Waals surface area contributed by atoms with Gasteiger partial charge in [0.05, 0.1) is 11.2 Å². The molecule has 0 spiro atoms. The molecule has 0 bridgehead atoms. The van der Waals surface area contributed by atoms with Crippen LogP contribution in [0.2, 0.25) is 15.2 Å². The van der Waals surface area contributed by atoms with Gasteiger partial charge in [0.1, 0.15) is 10.2 Å². The minimum absolute atomic E-state index is 0.232. The smallest absolute Gasteiger partial charge is 0.284 e. The number of aromatic amines is 1. The Morgan fingerprint density at radius 1 is 1.26 bits per heavy atom. The lowest BCUT2D eigenvalue weighted by atomic mass is 10.4. The van der Waals surface area contributed by atoms with Crippen LogP contribution in [0, 0.1) is 0 Å². The maximum absolute atomic E-state index is 12.5. The van der Waals surface area contributed by atoms with E-state index in [0.29, 0.717) is 4.68 Å². The lowest BCUT2D eigenvalue weighted by Gasteiger charge is -2.02. The van der Waals surface area contributed by atoms with Gasteiger partial charge in [-0.15, -0.1) is 0 Å². The Morgan fingerprint density at radius 3 is 2.42 bits per heavy atom. The molecule has 0 fully saturated rings. The van der Waals surface area contributed by atoms with Crippen LogP contribution < -0.4 is 5.43 Å². The van der Waals surface area contributed by atoms with E-state index >= 15 is 0 Å². The third-order valence-corrected chi connectivity index (χ3v) is 3.02. The van der Waals surface area contributed by atoms with E-state index in [4.69, 9.17) is 34.8 Å². The molecule has 2 aromatic rings. The highest BCUT2D eigenvalue weighted by Gasteiger charge is 2.37. The third-order valence-electron chi connectivity index (χ3n) is 2.01. The molecule has 0 atom stereocenters.